The first-order valence-electron chi connectivity index (χ1n) is 5.60. The van der Waals surface area contributed by atoms with Crippen molar-refractivity contribution in [3.63, 3.8) is 0 Å². The second-order valence-corrected chi connectivity index (χ2v) is 3.83. The van der Waals surface area contributed by atoms with E-state index in [1.165, 1.54) is 0 Å². The highest BCUT2D eigenvalue weighted by Gasteiger charge is 2.00. The van der Waals surface area contributed by atoms with Gasteiger partial charge in [0.2, 0.25) is 5.91 Å². The molecule has 0 aromatic carbocycles. The van der Waals surface area contributed by atoms with Gasteiger partial charge in [0.1, 0.15) is 0 Å². The molecule has 0 aliphatic rings. The summed E-state index contributed by atoms with van der Waals surface area (Å²) in [4.78, 5) is 15.6. The molecule has 1 heterocycles. The van der Waals surface area contributed by atoms with Crippen molar-refractivity contribution in [1.82, 2.24) is 10.3 Å². The van der Waals surface area contributed by atoms with Gasteiger partial charge in [0.05, 0.1) is 0 Å². The molecule has 0 unspecified atom stereocenters. The number of aromatic nitrogens is 1. The average molecular weight is 221 g/mol. The summed E-state index contributed by atoms with van der Waals surface area (Å²) in [7, 11) is 0. The molecule has 1 aromatic heterocycles. The summed E-state index contributed by atoms with van der Waals surface area (Å²) in [6.07, 6.45) is 4.10. The predicted molar refractivity (Wildman–Crippen MR) is 63.7 cm³/mol. The van der Waals surface area contributed by atoms with Crippen molar-refractivity contribution in [2.24, 2.45) is 5.73 Å². The van der Waals surface area contributed by atoms with Gasteiger partial charge >= 0.3 is 0 Å². The largest absolute Gasteiger partial charge is 0.352 e. The van der Waals surface area contributed by atoms with Crippen LogP contribution < -0.4 is 11.1 Å². The summed E-state index contributed by atoms with van der Waals surface area (Å²) in [5.41, 5.74) is 7.36. The average Bonchev–Trinajstić information content (AvgIpc) is 2.29. The van der Waals surface area contributed by atoms with Crippen molar-refractivity contribution in [3.05, 3.63) is 29.6 Å². The second kappa shape index (κ2) is 6.95. The maximum absolute atomic E-state index is 11.4. The molecule has 0 atom stereocenters. The quantitative estimate of drug-likeness (QED) is 0.708. The minimum Gasteiger partial charge on any atom is -0.352 e. The van der Waals surface area contributed by atoms with Gasteiger partial charge < -0.3 is 11.1 Å². The zero-order valence-electron chi connectivity index (χ0n) is 9.70. The number of hydrogen-bond donors (Lipinski definition) is 2. The van der Waals surface area contributed by atoms with Crippen LogP contribution in [0.1, 0.15) is 30.5 Å². The van der Waals surface area contributed by atoms with Crippen molar-refractivity contribution in [2.45, 2.75) is 32.7 Å². The monoisotopic (exact) mass is 221 g/mol. The molecule has 0 aliphatic heterocycles. The topological polar surface area (TPSA) is 68.0 Å². The fourth-order valence-corrected chi connectivity index (χ4v) is 1.32. The van der Waals surface area contributed by atoms with E-state index < -0.39 is 0 Å². The third-order valence-corrected chi connectivity index (χ3v) is 2.32. The summed E-state index contributed by atoms with van der Waals surface area (Å²) in [5.74, 6) is 0.0778. The lowest BCUT2D eigenvalue weighted by Crippen LogP contribution is -2.22. The van der Waals surface area contributed by atoms with Crippen LogP contribution in [0, 0.1) is 6.92 Å². The maximum Gasteiger partial charge on any atom is 0.220 e. The highest BCUT2D eigenvalue weighted by Crippen LogP contribution is 1.99. The van der Waals surface area contributed by atoms with Gasteiger partial charge in [0.15, 0.2) is 0 Å². The lowest BCUT2D eigenvalue weighted by atomic mass is 10.2. The van der Waals surface area contributed by atoms with Gasteiger partial charge in [-0.05, 0) is 37.9 Å². The molecule has 0 aliphatic carbocycles. The zero-order valence-corrected chi connectivity index (χ0v) is 9.70. The molecule has 0 spiro atoms. The molecular weight excluding hydrogens is 202 g/mol. The van der Waals surface area contributed by atoms with E-state index in [0.29, 0.717) is 19.5 Å². The van der Waals surface area contributed by atoms with Crippen molar-refractivity contribution < 1.29 is 4.79 Å². The molecule has 3 N–H and O–H groups in total. The summed E-state index contributed by atoms with van der Waals surface area (Å²) >= 11 is 0. The Morgan fingerprint density at radius 2 is 2.25 bits per heavy atom. The zero-order chi connectivity index (χ0) is 11.8. The predicted octanol–water partition coefficient (Wildman–Crippen LogP) is 1.14. The summed E-state index contributed by atoms with van der Waals surface area (Å²) in [6, 6.07) is 3.92. The fourth-order valence-electron chi connectivity index (χ4n) is 1.32. The molecule has 1 aromatic rings. The Hall–Kier alpha value is -1.42. The lowest BCUT2D eigenvalue weighted by Gasteiger charge is -2.04. The molecular formula is C12H19N3O. The standard InChI is InChI=1S/C12H19N3O/c1-10-5-6-11(8-14-10)9-15-12(16)4-2-3-7-13/h5-6,8H,2-4,7,9,13H2,1H3,(H,15,16). The molecule has 0 saturated heterocycles. The SMILES string of the molecule is Cc1ccc(CNC(=O)CCCCN)cn1. The Kier molecular flexibility index (Phi) is 5.50. The van der Waals surface area contributed by atoms with Crippen LogP contribution in [-0.2, 0) is 11.3 Å². The van der Waals surface area contributed by atoms with E-state index in [1.54, 1.807) is 6.20 Å². The van der Waals surface area contributed by atoms with Crippen molar-refractivity contribution in [2.75, 3.05) is 6.54 Å². The van der Waals surface area contributed by atoms with Crippen LogP contribution in [0.2, 0.25) is 0 Å². The minimum atomic E-state index is 0.0778. The Balaban J connectivity index is 2.23. The number of nitrogens with one attached hydrogen (secondary N) is 1. The molecule has 0 fully saturated rings. The Morgan fingerprint density at radius 3 is 2.88 bits per heavy atom. The third-order valence-electron chi connectivity index (χ3n) is 2.32. The van der Waals surface area contributed by atoms with E-state index in [1.807, 2.05) is 19.1 Å². The number of aryl methyl sites for hydroxylation is 1. The number of carbonyl (C=O) groups is 1. The highest BCUT2D eigenvalue weighted by atomic mass is 16.1. The van der Waals surface area contributed by atoms with Crippen molar-refractivity contribution >= 4 is 5.91 Å². The number of hydrogen-bond acceptors (Lipinski definition) is 3. The summed E-state index contributed by atoms with van der Waals surface area (Å²) in [6.45, 7) is 3.14. The molecule has 4 heteroatoms. The number of nitrogens with two attached hydrogens (primary N) is 1. The van der Waals surface area contributed by atoms with Gasteiger partial charge in [-0.3, -0.25) is 9.78 Å². The number of pyridine rings is 1. The molecule has 0 radical (unpaired) electrons. The van der Waals surface area contributed by atoms with E-state index in [0.717, 1.165) is 24.1 Å². The van der Waals surface area contributed by atoms with E-state index in [4.69, 9.17) is 5.73 Å². The molecule has 0 bridgehead atoms. The van der Waals surface area contributed by atoms with Gasteiger partial charge in [-0.15, -0.1) is 0 Å². The first-order chi connectivity index (χ1) is 7.72. The molecule has 1 amide bonds. The summed E-state index contributed by atoms with van der Waals surface area (Å²) in [5, 5.41) is 2.86. The first-order valence-corrected chi connectivity index (χ1v) is 5.60. The number of carbonyl (C=O) groups excluding carboxylic acids is 1. The first kappa shape index (κ1) is 12.6. The lowest BCUT2D eigenvalue weighted by molar-refractivity contribution is -0.121. The number of rotatable bonds is 6. The van der Waals surface area contributed by atoms with E-state index >= 15 is 0 Å². The van der Waals surface area contributed by atoms with Crippen LogP contribution in [0.3, 0.4) is 0 Å². The molecule has 1 rings (SSSR count). The van der Waals surface area contributed by atoms with Crippen LogP contribution in [0.25, 0.3) is 0 Å². The van der Waals surface area contributed by atoms with Gasteiger partial charge in [0.25, 0.3) is 0 Å². The Morgan fingerprint density at radius 1 is 1.44 bits per heavy atom. The van der Waals surface area contributed by atoms with Gasteiger partial charge in [0, 0.05) is 24.9 Å². The Bertz CT molecular complexity index is 322. The van der Waals surface area contributed by atoms with Gasteiger partial charge in [-0.2, -0.15) is 0 Å². The fraction of sp³-hybridized carbons (Fsp3) is 0.500. The number of amides is 1. The molecule has 4 nitrogen and oxygen atoms in total. The number of unbranched alkanes of at least 4 members (excludes halogenated alkanes) is 1. The Labute approximate surface area is 96.3 Å². The van der Waals surface area contributed by atoms with Crippen LogP contribution in [0.15, 0.2) is 18.3 Å². The molecule has 16 heavy (non-hydrogen) atoms. The van der Waals surface area contributed by atoms with Crippen molar-refractivity contribution in [3.8, 4) is 0 Å². The van der Waals surface area contributed by atoms with E-state index in [9.17, 15) is 4.79 Å². The van der Waals surface area contributed by atoms with Gasteiger partial charge in [-0.1, -0.05) is 6.07 Å². The van der Waals surface area contributed by atoms with Gasteiger partial charge in [-0.25, -0.2) is 0 Å². The van der Waals surface area contributed by atoms with Crippen LogP contribution >= 0.6 is 0 Å². The third kappa shape index (κ3) is 4.89. The highest BCUT2D eigenvalue weighted by molar-refractivity contribution is 5.75. The van der Waals surface area contributed by atoms with Crippen LogP contribution in [0.4, 0.5) is 0 Å². The normalized spacial score (nSPS) is 10.1. The second-order valence-electron chi connectivity index (χ2n) is 3.83. The molecule has 88 valence electrons. The van der Waals surface area contributed by atoms with E-state index in [-0.39, 0.29) is 5.91 Å². The van der Waals surface area contributed by atoms with Crippen LogP contribution in [-0.4, -0.2) is 17.4 Å². The number of nitrogens with zero attached hydrogens (tertiary/aromatic N) is 1. The van der Waals surface area contributed by atoms with Crippen LogP contribution in [0.5, 0.6) is 0 Å². The smallest absolute Gasteiger partial charge is 0.220 e. The maximum atomic E-state index is 11.4. The summed E-state index contributed by atoms with van der Waals surface area (Å²) < 4.78 is 0. The molecule has 0 saturated carbocycles. The van der Waals surface area contributed by atoms with Crippen molar-refractivity contribution in [1.29, 1.82) is 0 Å². The van der Waals surface area contributed by atoms with E-state index in [2.05, 4.69) is 10.3 Å². The minimum absolute atomic E-state index is 0.0778.